The lowest BCUT2D eigenvalue weighted by molar-refractivity contribution is -0.124. The quantitative estimate of drug-likeness (QED) is 0.885. The summed E-state index contributed by atoms with van der Waals surface area (Å²) < 4.78 is 5.00. The van der Waals surface area contributed by atoms with Gasteiger partial charge in [0.15, 0.2) is 0 Å². The van der Waals surface area contributed by atoms with Gasteiger partial charge in [0, 0.05) is 12.1 Å². The van der Waals surface area contributed by atoms with Crippen LogP contribution in [0, 0.1) is 12.8 Å². The highest BCUT2D eigenvalue weighted by Crippen LogP contribution is 2.32. The van der Waals surface area contributed by atoms with Crippen LogP contribution >= 0.6 is 0 Å². The second kappa shape index (κ2) is 5.95. The maximum atomic E-state index is 12.2. The van der Waals surface area contributed by atoms with E-state index in [1.807, 2.05) is 13.0 Å². The molecule has 5 nitrogen and oxygen atoms in total. The molecule has 0 spiro atoms. The first kappa shape index (κ1) is 13.6. The van der Waals surface area contributed by atoms with Crippen molar-refractivity contribution in [3.8, 4) is 0 Å². The summed E-state index contributed by atoms with van der Waals surface area (Å²) in [7, 11) is 0. The first-order valence-corrected chi connectivity index (χ1v) is 7.68. The molecule has 1 aromatic heterocycles. The fraction of sp³-hybridized carbons (Fsp3) is 0.733. The second-order valence-corrected chi connectivity index (χ2v) is 6.09. The van der Waals surface area contributed by atoms with Crippen molar-refractivity contribution in [3.05, 3.63) is 17.5 Å². The number of piperidine rings is 1. The minimum absolute atomic E-state index is 0.0395. The fourth-order valence-electron chi connectivity index (χ4n) is 3.50. The Kier molecular flexibility index (Phi) is 4.05. The van der Waals surface area contributed by atoms with Crippen molar-refractivity contribution in [2.45, 2.75) is 64.1 Å². The highest BCUT2D eigenvalue weighted by Gasteiger charge is 2.34. The van der Waals surface area contributed by atoms with Crippen LogP contribution in [-0.2, 0) is 11.3 Å². The molecule has 3 rings (SSSR count). The van der Waals surface area contributed by atoms with Crippen molar-refractivity contribution < 1.29 is 9.32 Å². The van der Waals surface area contributed by atoms with Gasteiger partial charge in [0.1, 0.15) is 11.5 Å². The molecule has 2 aliphatic rings. The van der Waals surface area contributed by atoms with E-state index in [0.717, 1.165) is 23.8 Å². The van der Waals surface area contributed by atoms with Gasteiger partial charge in [0.05, 0.1) is 12.6 Å². The number of aromatic nitrogens is 1. The molecule has 2 heterocycles. The number of hydrogen-bond acceptors (Lipinski definition) is 4. The van der Waals surface area contributed by atoms with E-state index in [4.69, 9.17) is 4.52 Å². The predicted octanol–water partition coefficient (Wildman–Crippen LogP) is 1.91. The third-order valence-corrected chi connectivity index (χ3v) is 4.59. The summed E-state index contributed by atoms with van der Waals surface area (Å²) in [5.41, 5.74) is 0.780. The molecule has 0 bridgehead atoms. The number of hydrogen-bond donors (Lipinski definition) is 2. The van der Waals surface area contributed by atoms with Gasteiger partial charge in [0.25, 0.3) is 0 Å². The molecule has 1 saturated carbocycles. The maximum absolute atomic E-state index is 12.2. The van der Waals surface area contributed by atoms with E-state index in [2.05, 4.69) is 15.8 Å². The van der Waals surface area contributed by atoms with Gasteiger partial charge in [-0.2, -0.15) is 0 Å². The van der Waals surface area contributed by atoms with Gasteiger partial charge >= 0.3 is 0 Å². The molecule has 0 aromatic carbocycles. The Balaban J connectivity index is 1.50. The zero-order valence-electron chi connectivity index (χ0n) is 12.0. The smallest absolute Gasteiger partial charge is 0.237 e. The van der Waals surface area contributed by atoms with Crippen LogP contribution in [0.1, 0.15) is 50.0 Å². The summed E-state index contributed by atoms with van der Waals surface area (Å²) in [4.78, 5) is 12.2. The Morgan fingerprint density at radius 3 is 3.05 bits per heavy atom. The molecule has 3 atom stereocenters. The third-order valence-electron chi connectivity index (χ3n) is 4.59. The summed E-state index contributed by atoms with van der Waals surface area (Å²) in [5, 5.41) is 10.4. The largest absolute Gasteiger partial charge is 0.361 e. The van der Waals surface area contributed by atoms with Crippen molar-refractivity contribution in [1.82, 2.24) is 15.8 Å². The number of amides is 1. The summed E-state index contributed by atoms with van der Waals surface area (Å²) in [5.74, 6) is 1.65. The third kappa shape index (κ3) is 3.03. The van der Waals surface area contributed by atoms with E-state index in [1.165, 1.54) is 32.1 Å². The summed E-state index contributed by atoms with van der Waals surface area (Å²) in [6.07, 6.45) is 7.32. The van der Waals surface area contributed by atoms with Gasteiger partial charge in [-0.25, -0.2) is 0 Å². The van der Waals surface area contributed by atoms with Crippen LogP contribution in [0.15, 0.2) is 10.6 Å². The first-order valence-electron chi connectivity index (χ1n) is 7.68. The lowest BCUT2D eigenvalue weighted by atomic mass is 9.77. The molecule has 2 N–H and O–H groups in total. The lowest BCUT2D eigenvalue weighted by Crippen LogP contribution is -2.54. The average molecular weight is 277 g/mol. The lowest BCUT2D eigenvalue weighted by Gasteiger charge is -2.39. The van der Waals surface area contributed by atoms with Crippen LogP contribution in [0.5, 0.6) is 0 Å². The molecule has 20 heavy (non-hydrogen) atoms. The Morgan fingerprint density at radius 2 is 2.25 bits per heavy atom. The van der Waals surface area contributed by atoms with Gasteiger partial charge in [0.2, 0.25) is 5.91 Å². The minimum atomic E-state index is -0.0395. The maximum Gasteiger partial charge on any atom is 0.237 e. The van der Waals surface area contributed by atoms with E-state index < -0.39 is 0 Å². The van der Waals surface area contributed by atoms with Crippen LogP contribution in [0.3, 0.4) is 0 Å². The summed E-state index contributed by atoms with van der Waals surface area (Å²) in [6.45, 7) is 2.30. The molecule has 5 heteroatoms. The van der Waals surface area contributed by atoms with Gasteiger partial charge in [-0.05, 0) is 38.5 Å². The Bertz CT molecular complexity index is 471. The average Bonchev–Trinajstić information content (AvgIpc) is 2.90. The van der Waals surface area contributed by atoms with Gasteiger partial charge < -0.3 is 15.2 Å². The van der Waals surface area contributed by atoms with Gasteiger partial charge in [-0.3, -0.25) is 4.79 Å². The normalized spacial score (nSPS) is 29.8. The topological polar surface area (TPSA) is 67.2 Å². The van der Waals surface area contributed by atoms with E-state index in [-0.39, 0.29) is 11.9 Å². The number of nitrogens with zero attached hydrogens (tertiary/aromatic N) is 1. The SMILES string of the molecule is Cc1cc(CNC(=O)C2CCC3CCCCC3N2)no1. The standard InChI is InChI=1S/C15H23N3O2/c1-10-8-12(18-20-10)9-16-15(19)14-7-6-11-4-2-3-5-13(11)17-14/h8,11,13-14,17H,2-7,9H2,1H3,(H,16,19). The van der Waals surface area contributed by atoms with Crippen molar-refractivity contribution >= 4 is 5.91 Å². The zero-order valence-corrected chi connectivity index (χ0v) is 12.0. The highest BCUT2D eigenvalue weighted by molar-refractivity contribution is 5.81. The monoisotopic (exact) mass is 277 g/mol. The van der Waals surface area contributed by atoms with Crippen LogP contribution in [-0.4, -0.2) is 23.1 Å². The molecule has 3 unspecified atom stereocenters. The molecule has 110 valence electrons. The van der Waals surface area contributed by atoms with E-state index in [9.17, 15) is 4.79 Å². The van der Waals surface area contributed by atoms with E-state index in [1.54, 1.807) is 0 Å². The molecular weight excluding hydrogens is 254 g/mol. The van der Waals surface area contributed by atoms with Crippen molar-refractivity contribution in [2.75, 3.05) is 0 Å². The molecule has 2 fully saturated rings. The fourth-order valence-corrected chi connectivity index (χ4v) is 3.50. The summed E-state index contributed by atoms with van der Waals surface area (Å²) in [6, 6.07) is 2.36. The van der Waals surface area contributed by atoms with E-state index >= 15 is 0 Å². The van der Waals surface area contributed by atoms with Crippen molar-refractivity contribution in [1.29, 1.82) is 0 Å². The Morgan fingerprint density at radius 1 is 1.40 bits per heavy atom. The van der Waals surface area contributed by atoms with Crippen LogP contribution in [0.2, 0.25) is 0 Å². The molecular formula is C15H23N3O2. The Labute approximate surface area is 119 Å². The number of rotatable bonds is 3. The molecule has 1 saturated heterocycles. The van der Waals surface area contributed by atoms with Crippen molar-refractivity contribution in [2.24, 2.45) is 5.92 Å². The first-order chi connectivity index (χ1) is 9.72. The van der Waals surface area contributed by atoms with E-state index in [0.29, 0.717) is 12.6 Å². The summed E-state index contributed by atoms with van der Waals surface area (Å²) >= 11 is 0. The molecule has 1 aliphatic heterocycles. The Hall–Kier alpha value is -1.36. The number of carbonyl (C=O) groups excluding carboxylic acids is 1. The number of carbonyl (C=O) groups is 1. The van der Waals surface area contributed by atoms with Gasteiger partial charge in [-0.1, -0.05) is 18.0 Å². The molecule has 1 amide bonds. The molecule has 1 aromatic rings. The highest BCUT2D eigenvalue weighted by atomic mass is 16.5. The molecule has 0 radical (unpaired) electrons. The predicted molar refractivity (Wildman–Crippen MR) is 75.0 cm³/mol. The second-order valence-electron chi connectivity index (χ2n) is 6.09. The zero-order chi connectivity index (χ0) is 13.9. The van der Waals surface area contributed by atoms with Crippen LogP contribution in [0.4, 0.5) is 0 Å². The minimum Gasteiger partial charge on any atom is -0.361 e. The number of aryl methyl sites for hydroxylation is 1. The van der Waals surface area contributed by atoms with Crippen LogP contribution < -0.4 is 10.6 Å². The number of fused-ring (bicyclic) bond motifs is 1. The molecule has 1 aliphatic carbocycles. The number of nitrogens with one attached hydrogen (secondary N) is 2. The van der Waals surface area contributed by atoms with Gasteiger partial charge in [-0.15, -0.1) is 0 Å². The van der Waals surface area contributed by atoms with Crippen molar-refractivity contribution in [3.63, 3.8) is 0 Å². The van der Waals surface area contributed by atoms with Crippen LogP contribution in [0.25, 0.3) is 0 Å².